The van der Waals surface area contributed by atoms with E-state index >= 15 is 0 Å². The summed E-state index contributed by atoms with van der Waals surface area (Å²) in [5, 5.41) is 14.7. The van der Waals surface area contributed by atoms with E-state index < -0.39 is 5.97 Å². The van der Waals surface area contributed by atoms with Crippen LogP contribution >= 0.6 is 0 Å². The second-order valence-electron chi connectivity index (χ2n) is 9.79. The van der Waals surface area contributed by atoms with E-state index in [-0.39, 0.29) is 29.3 Å². The number of amides is 2. The van der Waals surface area contributed by atoms with Gasteiger partial charge in [-0.3, -0.25) is 14.4 Å². The fraction of sp³-hybridized carbons (Fsp3) is 0.444. The molecule has 182 valence electrons. The van der Waals surface area contributed by atoms with Gasteiger partial charge in [0.2, 0.25) is 0 Å². The number of carbonyl (C=O) groups is 3. The number of carboxylic acids is 1. The third-order valence-electron chi connectivity index (χ3n) is 6.15. The molecule has 0 aromatic heterocycles. The summed E-state index contributed by atoms with van der Waals surface area (Å²) in [5.74, 6) is -0.737. The zero-order valence-electron chi connectivity index (χ0n) is 20.1. The first-order valence-electron chi connectivity index (χ1n) is 11.8. The summed E-state index contributed by atoms with van der Waals surface area (Å²) in [6.45, 7) is 7.02. The largest absolute Gasteiger partial charge is 0.490 e. The molecule has 1 aliphatic carbocycles. The molecule has 7 nitrogen and oxygen atoms in total. The van der Waals surface area contributed by atoms with Gasteiger partial charge >= 0.3 is 5.97 Å². The molecule has 1 saturated carbocycles. The average molecular weight is 467 g/mol. The molecule has 1 fully saturated rings. The molecule has 0 spiro atoms. The first kappa shape index (κ1) is 25.3. The number of nitrogens with one attached hydrogen (secondary N) is 2. The van der Waals surface area contributed by atoms with Crippen LogP contribution in [0.1, 0.15) is 72.7 Å². The number of carbonyl (C=O) groups excluding carboxylic acids is 2. The molecule has 3 rings (SSSR count). The molecular weight excluding hydrogens is 432 g/mol. The minimum atomic E-state index is -0.733. The van der Waals surface area contributed by atoms with Crippen molar-refractivity contribution in [3.8, 4) is 5.75 Å². The lowest BCUT2D eigenvalue weighted by Crippen LogP contribution is -2.34. The van der Waals surface area contributed by atoms with Crippen LogP contribution < -0.4 is 15.4 Å². The number of aliphatic carboxylic acids is 1. The van der Waals surface area contributed by atoms with Gasteiger partial charge in [-0.2, -0.15) is 0 Å². The molecule has 0 aliphatic heterocycles. The first-order valence-corrected chi connectivity index (χ1v) is 11.8. The van der Waals surface area contributed by atoms with E-state index in [1.165, 1.54) is 5.56 Å². The van der Waals surface area contributed by atoms with Gasteiger partial charge in [0.25, 0.3) is 11.8 Å². The van der Waals surface area contributed by atoms with Crippen LogP contribution in [0.2, 0.25) is 0 Å². The van der Waals surface area contributed by atoms with E-state index in [4.69, 9.17) is 9.84 Å². The van der Waals surface area contributed by atoms with E-state index in [0.717, 1.165) is 0 Å². The molecule has 0 atom stereocenters. The van der Waals surface area contributed by atoms with Gasteiger partial charge in [-0.1, -0.05) is 32.9 Å². The van der Waals surface area contributed by atoms with Crippen LogP contribution in [0.15, 0.2) is 48.5 Å². The highest BCUT2D eigenvalue weighted by Crippen LogP contribution is 2.28. The first-order chi connectivity index (χ1) is 16.1. The highest BCUT2D eigenvalue weighted by molar-refractivity contribution is 5.95. The van der Waals surface area contributed by atoms with E-state index in [1.807, 2.05) is 24.3 Å². The Morgan fingerprint density at radius 3 is 1.74 bits per heavy atom. The van der Waals surface area contributed by atoms with E-state index in [2.05, 4.69) is 31.4 Å². The minimum Gasteiger partial charge on any atom is -0.490 e. The van der Waals surface area contributed by atoms with Crippen molar-refractivity contribution in [3.05, 3.63) is 65.2 Å². The average Bonchev–Trinajstić information content (AvgIpc) is 2.82. The molecule has 0 heterocycles. The molecule has 34 heavy (non-hydrogen) atoms. The molecule has 0 saturated heterocycles. The third kappa shape index (κ3) is 7.07. The fourth-order valence-electron chi connectivity index (χ4n) is 3.98. The van der Waals surface area contributed by atoms with Crippen LogP contribution in [0.5, 0.6) is 5.75 Å². The van der Waals surface area contributed by atoms with Crippen molar-refractivity contribution < 1.29 is 24.2 Å². The van der Waals surface area contributed by atoms with Gasteiger partial charge in [0.1, 0.15) is 5.75 Å². The quantitative estimate of drug-likeness (QED) is 0.507. The Hall–Kier alpha value is -3.35. The monoisotopic (exact) mass is 466 g/mol. The molecule has 1 aliphatic rings. The summed E-state index contributed by atoms with van der Waals surface area (Å²) in [6, 6.07) is 14.5. The Labute approximate surface area is 200 Å². The lowest BCUT2D eigenvalue weighted by molar-refractivity contribution is -0.143. The molecule has 0 radical (unpaired) electrons. The molecule has 0 bridgehead atoms. The Morgan fingerprint density at radius 1 is 0.824 bits per heavy atom. The van der Waals surface area contributed by atoms with Gasteiger partial charge in [0, 0.05) is 24.2 Å². The molecule has 2 amide bonds. The fourth-order valence-corrected chi connectivity index (χ4v) is 3.98. The van der Waals surface area contributed by atoms with Crippen molar-refractivity contribution in [3.63, 3.8) is 0 Å². The molecule has 2 aromatic carbocycles. The maximum absolute atomic E-state index is 12.4. The van der Waals surface area contributed by atoms with Crippen LogP contribution in [0.25, 0.3) is 0 Å². The molecule has 0 unspecified atom stereocenters. The number of hydrogen-bond donors (Lipinski definition) is 3. The Balaban J connectivity index is 1.39. The topological polar surface area (TPSA) is 105 Å². The van der Waals surface area contributed by atoms with Crippen molar-refractivity contribution in [2.24, 2.45) is 5.92 Å². The summed E-state index contributed by atoms with van der Waals surface area (Å²) >= 11 is 0. The summed E-state index contributed by atoms with van der Waals surface area (Å²) in [6.07, 6.45) is 2.68. The summed E-state index contributed by atoms with van der Waals surface area (Å²) in [7, 11) is 0. The van der Waals surface area contributed by atoms with Crippen LogP contribution in [-0.4, -0.2) is 42.1 Å². The molecule has 3 N–H and O–H groups in total. The number of carboxylic acid groups (broad SMARTS) is 1. The van der Waals surface area contributed by atoms with Crippen LogP contribution in [0, 0.1) is 5.92 Å². The number of ether oxygens (including phenoxy) is 1. The van der Waals surface area contributed by atoms with Crippen molar-refractivity contribution in [1.82, 2.24) is 10.6 Å². The standard InChI is InChI=1S/C27H34N2O5/c1-27(2,3)21-10-4-18(5-11-21)24(30)28-16-17-29-25(31)19-6-12-22(13-7-19)34-23-14-8-20(9-15-23)26(32)33/h4-7,10-13,20,23H,8-9,14-17H2,1-3H3,(H,28,30)(H,29,31)(H,32,33). The second-order valence-corrected chi connectivity index (χ2v) is 9.79. The van der Waals surface area contributed by atoms with E-state index in [9.17, 15) is 14.4 Å². The van der Waals surface area contributed by atoms with Crippen LogP contribution in [0.3, 0.4) is 0 Å². The van der Waals surface area contributed by atoms with Gasteiger partial charge in [0.05, 0.1) is 12.0 Å². The zero-order chi connectivity index (χ0) is 24.7. The zero-order valence-corrected chi connectivity index (χ0v) is 20.1. The third-order valence-corrected chi connectivity index (χ3v) is 6.15. The Bertz CT molecular complexity index is 985. The Morgan fingerprint density at radius 2 is 1.29 bits per heavy atom. The summed E-state index contributed by atoms with van der Waals surface area (Å²) in [5.41, 5.74) is 2.29. The predicted octanol–water partition coefficient (Wildman–Crippen LogP) is 4.17. The minimum absolute atomic E-state index is 0.00329. The number of hydrogen-bond acceptors (Lipinski definition) is 4. The normalized spacial score (nSPS) is 18.1. The molecule has 7 heteroatoms. The van der Waals surface area contributed by atoms with Gasteiger partial charge in [-0.15, -0.1) is 0 Å². The van der Waals surface area contributed by atoms with Crippen molar-refractivity contribution in [1.29, 1.82) is 0 Å². The van der Waals surface area contributed by atoms with Crippen molar-refractivity contribution in [2.75, 3.05) is 13.1 Å². The highest BCUT2D eigenvalue weighted by atomic mass is 16.5. The summed E-state index contributed by atoms with van der Waals surface area (Å²) in [4.78, 5) is 35.7. The van der Waals surface area contributed by atoms with Gasteiger partial charge in [0.15, 0.2) is 0 Å². The SMILES string of the molecule is CC(C)(C)c1ccc(C(=O)NCCNC(=O)c2ccc(OC3CCC(C(=O)O)CC3)cc2)cc1. The second kappa shape index (κ2) is 11.2. The van der Waals surface area contributed by atoms with Crippen molar-refractivity contribution >= 4 is 17.8 Å². The van der Waals surface area contributed by atoms with Gasteiger partial charge in [-0.25, -0.2) is 0 Å². The van der Waals surface area contributed by atoms with Gasteiger partial charge < -0.3 is 20.5 Å². The lowest BCUT2D eigenvalue weighted by atomic mass is 9.87. The van der Waals surface area contributed by atoms with Crippen LogP contribution in [-0.2, 0) is 10.2 Å². The number of benzene rings is 2. The maximum atomic E-state index is 12.4. The maximum Gasteiger partial charge on any atom is 0.306 e. The van der Waals surface area contributed by atoms with Crippen molar-refractivity contribution in [2.45, 2.75) is 58.0 Å². The Kier molecular flexibility index (Phi) is 8.31. The van der Waals surface area contributed by atoms with E-state index in [1.54, 1.807) is 24.3 Å². The highest BCUT2D eigenvalue weighted by Gasteiger charge is 2.26. The smallest absolute Gasteiger partial charge is 0.306 e. The lowest BCUT2D eigenvalue weighted by Gasteiger charge is -2.26. The summed E-state index contributed by atoms with van der Waals surface area (Å²) < 4.78 is 5.94. The predicted molar refractivity (Wildman–Crippen MR) is 130 cm³/mol. The van der Waals surface area contributed by atoms with Crippen LogP contribution in [0.4, 0.5) is 0 Å². The number of rotatable bonds is 8. The van der Waals surface area contributed by atoms with E-state index in [0.29, 0.717) is 55.6 Å². The van der Waals surface area contributed by atoms with Gasteiger partial charge in [-0.05, 0) is 73.1 Å². The molecule has 2 aromatic rings. The molecular formula is C27H34N2O5.